The van der Waals surface area contributed by atoms with Gasteiger partial charge in [0.05, 0.1) is 53.7 Å². The molecule has 0 aromatic heterocycles. The molecule has 3 heterocycles. The fraction of sp³-hybridized carbons (Fsp3) is 0.907. The first-order chi connectivity index (χ1) is 27.3. The topological polar surface area (TPSA) is 198 Å². The lowest BCUT2D eigenvalue weighted by Gasteiger charge is -2.63. The Morgan fingerprint density at radius 3 is 2.00 bits per heavy atom. The van der Waals surface area contributed by atoms with Crippen molar-refractivity contribution in [2.75, 3.05) is 14.2 Å². The Morgan fingerprint density at radius 1 is 0.759 bits per heavy atom. The minimum absolute atomic E-state index is 0.0293. The van der Waals surface area contributed by atoms with Crippen LogP contribution in [0.3, 0.4) is 0 Å². The highest BCUT2D eigenvalue weighted by Gasteiger charge is 2.76. The predicted octanol–water partition coefficient (Wildman–Crippen LogP) is 3.24. The van der Waals surface area contributed by atoms with Gasteiger partial charge in [0.15, 0.2) is 24.7 Å². The summed E-state index contributed by atoms with van der Waals surface area (Å²) in [5, 5.41) is 45.9. The Labute approximate surface area is 342 Å². The number of methoxy groups -OCH3 is 2. The SMILES string of the molecule is CO[C@@H]1C[C@H](O[C@H]2[C@H](O)C[C@H](O[C@@H]3[C@@H](C)O[C@@H](O[C@H]4CC[C@@]5(C)C(=CC[C@@H]6[C@@H]5C[C@@H](OC(C)=O)[C@]5(C)[C@](O)(C(C)=O)CC[C@]65O)C4)C[C@H]3OC)O[C@@H]2C)O[C@H](C)[C@H]1O. The van der Waals surface area contributed by atoms with E-state index in [-0.39, 0.29) is 48.7 Å². The highest BCUT2D eigenvalue weighted by molar-refractivity contribution is 5.87. The molecule has 7 aliphatic rings. The number of carbonyl (C=O) groups is 2. The van der Waals surface area contributed by atoms with Crippen LogP contribution in [0.1, 0.15) is 113 Å². The van der Waals surface area contributed by atoms with E-state index in [1.165, 1.54) is 26.5 Å². The summed E-state index contributed by atoms with van der Waals surface area (Å²) in [6.45, 7) is 12.2. The van der Waals surface area contributed by atoms with Gasteiger partial charge in [0.1, 0.15) is 30.0 Å². The van der Waals surface area contributed by atoms with Gasteiger partial charge in [0.2, 0.25) is 0 Å². The molecule has 15 heteroatoms. The van der Waals surface area contributed by atoms with Crippen LogP contribution in [-0.2, 0) is 52.2 Å². The number of rotatable bonds is 10. The van der Waals surface area contributed by atoms with Crippen molar-refractivity contribution in [3.05, 3.63) is 11.6 Å². The number of hydrogen-bond acceptors (Lipinski definition) is 15. The lowest BCUT2D eigenvalue weighted by Crippen LogP contribution is -2.71. The Bertz CT molecular complexity index is 1530. The van der Waals surface area contributed by atoms with E-state index in [9.17, 15) is 30.0 Å². The summed E-state index contributed by atoms with van der Waals surface area (Å²) in [5.74, 6) is -1.15. The summed E-state index contributed by atoms with van der Waals surface area (Å²) < 4.78 is 55.1. The van der Waals surface area contributed by atoms with E-state index >= 15 is 0 Å². The van der Waals surface area contributed by atoms with Crippen LogP contribution < -0.4 is 0 Å². The van der Waals surface area contributed by atoms with Crippen LogP contribution in [0, 0.1) is 22.7 Å². The Morgan fingerprint density at radius 2 is 1.36 bits per heavy atom. The molecule has 20 atom stereocenters. The first kappa shape index (κ1) is 44.5. The fourth-order valence-electron chi connectivity index (χ4n) is 12.3. The minimum Gasteiger partial charge on any atom is -0.462 e. The molecule has 0 unspecified atom stereocenters. The van der Waals surface area contributed by atoms with Crippen molar-refractivity contribution >= 4 is 11.8 Å². The van der Waals surface area contributed by atoms with E-state index < -0.39 is 102 Å². The summed E-state index contributed by atoms with van der Waals surface area (Å²) in [7, 11) is 3.18. The molecular weight excluding hydrogens is 756 g/mol. The van der Waals surface area contributed by atoms with Crippen molar-refractivity contribution in [3.63, 3.8) is 0 Å². The van der Waals surface area contributed by atoms with Gasteiger partial charge < -0.3 is 63.1 Å². The van der Waals surface area contributed by atoms with Crippen LogP contribution in [0.2, 0.25) is 0 Å². The molecule has 330 valence electrons. The monoisotopic (exact) mass is 824 g/mol. The average molecular weight is 825 g/mol. The summed E-state index contributed by atoms with van der Waals surface area (Å²) in [6.07, 6.45) is -1.16. The maximum Gasteiger partial charge on any atom is 0.302 e. The van der Waals surface area contributed by atoms with Crippen molar-refractivity contribution in [2.24, 2.45) is 22.7 Å². The molecule has 0 bridgehead atoms. The van der Waals surface area contributed by atoms with Gasteiger partial charge in [-0.05, 0) is 89.9 Å². The summed E-state index contributed by atoms with van der Waals surface area (Å²) in [5.41, 5.74) is -3.58. The molecule has 58 heavy (non-hydrogen) atoms. The van der Waals surface area contributed by atoms with E-state index in [2.05, 4.69) is 13.0 Å². The molecule has 0 aromatic carbocycles. The van der Waals surface area contributed by atoms with Crippen molar-refractivity contribution < 1.29 is 72.6 Å². The molecule has 0 aromatic rings. The molecule has 4 N–H and O–H groups in total. The molecule has 0 amide bonds. The highest BCUT2D eigenvalue weighted by atomic mass is 16.7. The Kier molecular flexibility index (Phi) is 12.7. The second-order valence-electron chi connectivity index (χ2n) is 18.8. The lowest BCUT2D eigenvalue weighted by molar-refractivity contribution is -0.337. The van der Waals surface area contributed by atoms with Crippen LogP contribution in [0.25, 0.3) is 0 Å². The predicted molar refractivity (Wildman–Crippen MR) is 205 cm³/mol. The molecule has 7 rings (SSSR count). The third kappa shape index (κ3) is 7.44. The molecule has 6 fully saturated rings. The van der Waals surface area contributed by atoms with Crippen LogP contribution in [0.5, 0.6) is 0 Å². The minimum atomic E-state index is -1.80. The van der Waals surface area contributed by atoms with Gasteiger partial charge in [0.25, 0.3) is 0 Å². The smallest absolute Gasteiger partial charge is 0.302 e. The molecule has 0 spiro atoms. The quantitative estimate of drug-likeness (QED) is 0.185. The number of aliphatic hydroxyl groups is 4. The zero-order chi connectivity index (χ0) is 42.1. The van der Waals surface area contributed by atoms with Gasteiger partial charge in [-0.2, -0.15) is 0 Å². The number of hydrogen-bond donors (Lipinski definition) is 4. The first-order valence-corrected chi connectivity index (χ1v) is 21.5. The third-order valence-electron chi connectivity index (χ3n) is 15.8. The van der Waals surface area contributed by atoms with Gasteiger partial charge in [0, 0.05) is 40.4 Å². The Hall–Kier alpha value is -1.60. The summed E-state index contributed by atoms with van der Waals surface area (Å²) >= 11 is 0. The van der Waals surface area contributed by atoms with Gasteiger partial charge in [-0.25, -0.2) is 0 Å². The normalized spacial score (nSPS) is 51.8. The van der Waals surface area contributed by atoms with E-state index in [1.807, 2.05) is 13.8 Å². The number of esters is 1. The van der Waals surface area contributed by atoms with E-state index in [4.69, 9.17) is 42.6 Å². The number of aliphatic hydroxyl groups excluding tert-OH is 2. The number of ketones is 1. The van der Waals surface area contributed by atoms with Crippen LogP contribution in [0.15, 0.2) is 11.6 Å². The fourth-order valence-corrected chi connectivity index (χ4v) is 12.3. The molecule has 15 nitrogen and oxygen atoms in total. The second kappa shape index (κ2) is 16.6. The van der Waals surface area contributed by atoms with Crippen LogP contribution in [-0.4, -0.2) is 144 Å². The molecule has 3 aliphatic heterocycles. The van der Waals surface area contributed by atoms with Crippen molar-refractivity contribution in [1.29, 1.82) is 0 Å². The van der Waals surface area contributed by atoms with E-state index in [0.29, 0.717) is 32.1 Å². The van der Waals surface area contributed by atoms with E-state index in [0.717, 1.165) is 12.8 Å². The summed E-state index contributed by atoms with van der Waals surface area (Å²) in [4.78, 5) is 25.4. The molecule has 3 saturated carbocycles. The third-order valence-corrected chi connectivity index (χ3v) is 15.8. The van der Waals surface area contributed by atoms with Gasteiger partial charge in [-0.3, -0.25) is 9.59 Å². The van der Waals surface area contributed by atoms with Crippen molar-refractivity contribution in [3.8, 4) is 0 Å². The molecule has 0 radical (unpaired) electrons. The number of carbonyl (C=O) groups excluding carboxylic acids is 2. The van der Waals surface area contributed by atoms with Gasteiger partial charge in [-0.15, -0.1) is 0 Å². The summed E-state index contributed by atoms with van der Waals surface area (Å²) in [6, 6.07) is 0. The number of allylic oxidation sites excluding steroid dienone is 1. The van der Waals surface area contributed by atoms with Crippen molar-refractivity contribution in [2.45, 2.75) is 210 Å². The zero-order valence-electron chi connectivity index (χ0n) is 35.7. The van der Waals surface area contributed by atoms with Gasteiger partial charge >= 0.3 is 5.97 Å². The van der Waals surface area contributed by atoms with Crippen molar-refractivity contribution in [1.82, 2.24) is 0 Å². The van der Waals surface area contributed by atoms with Crippen LogP contribution in [0.4, 0.5) is 0 Å². The Balaban J connectivity index is 0.965. The molecule has 3 saturated heterocycles. The lowest BCUT2D eigenvalue weighted by atomic mass is 9.44. The average Bonchev–Trinajstić information content (AvgIpc) is 3.39. The second-order valence-corrected chi connectivity index (χ2v) is 18.8. The maximum atomic E-state index is 13.0. The first-order valence-electron chi connectivity index (χ1n) is 21.5. The number of ether oxygens (including phenoxy) is 9. The largest absolute Gasteiger partial charge is 0.462 e. The maximum absolute atomic E-state index is 13.0. The molecular formula is C43H68O15. The van der Waals surface area contributed by atoms with E-state index in [1.54, 1.807) is 21.0 Å². The molecule has 4 aliphatic carbocycles. The standard InChI is InChI=1S/C43H68O15/c1-21-37(47)31(50-8)19-36(52-21)57-38-22(2)53-34(18-30(38)46)58-39-23(3)54-35(20-32(39)51-9)56-27-12-13-40(6)26(16-27)10-11-28-29(40)17-33(55-25(5)45)41(7)42(48,24(4)44)14-15-43(28,41)49/h10,21-23,27-39,46-49H,11-20H2,1-9H3/t21-,22-,23-,27+,28-,29+,30-,31-,32-,33-,34+,35+,36+,37-,38-,39-,40+,41-,42-,43+/m1/s1. The zero-order valence-corrected chi connectivity index (χ0v) is 35.7. The van der Waals surface area contributed by atoms with Gasteiger partial charge in [-0.1, -0.05) is 25.5 Å². The number of fused-ring (bicyclic) bond motifs is 5. The number of Topliss-reactive ketones (excluding diaryl/α,β-unsaturated/α-hetero) is 1. The van der Waals surface area contributed by atoms with Crippen LogP contribution >= 0.6 is 0 Å². The highest BCUT2D eigenvalue weighted by Crippen LogP contribution is 2.69.